The van der Waals surface area contributed by atoms with Crippen molar-refractivity contribution in [2.24, 2.45) is 0 Å². The molecule has 206 valence electrons. The highest BCUT2D eigenvalue weighted by Gasteiger charge is 2.35. The van der Waals surface area contributed by atoms with Crippen molar-refractivity contribution in [2.45, 2.75) is 72.8 Å². The van der Waals surface area contributed by atoms with Gasteiger partial charge in [-0.15, -0.1) is 0 Å². The van der Waals surface area contributed by atoms with Crippen LogP contribution in [0.2, 0.25) is 0 Å². The number of hydrogen-bond donors (Lipinski definition) is 0. The second kappa shape index (κ2) is 11.4. The molecule has 0 saturated carbocycles. The van der Waals surface area contributed by atoms with Gasteiger partial charge in [-0.1, -0.05) is 17.3 Å². The number of benzene rings is 2. The van der Waals surface area contributed by atoms with Crippen molar-refractivity contribution >= 4 is 6.09 Å². The van der Waals surface area contributed by atoms with Crippen molar-refractivity contribution in [2.75, 3.05) is 13.1 Å². The maximum Gasteiger partial charge on any atom is 0.419 e. The normalized spacial score (nSPS) is 12.1. The van der Waals surface area contributed by atoms with Crippen molar-refractivity contribution in [3.05, 3.63) is 53.1 Å². The molecule has 0 N–H and O–H groups in total. The van der Waals surface area contributed by atoms with Crippen LogP contribution in [-0.2, 0) is 17.3 Å². The van der Waals surface area contributed by atoms with Crippen LogP contribution in [-0.4, -0.2) is 45.9 Å². The average Bonchev–Trinajstić information content (AvgIpc) is 3.29. The van der Waals surface area contributed by atoms with Gasteiger partial charge in [-0.2, -0.15) is 18.2 Å². The molecule has 0 saturated heterocycles. The molecule has 0 radical (unpaired) electrons. The molecule has 0 atom stereocenters. The number of nitrogens with zero attached hydrogens (tertiary/aromatic N) is 3. The molecule has 38 heavy (non-hydrogen) atoms. The summed E-state index contributed by atoms with van der Waals surface area (Å²) in [5, 5.41) is 3.99. The number of rotatable bonds is 8. The number of likely N-dealkylation sites (N-methyl/N-ethyl adjacent to an activating group) is 1. The molecule has 2 aromatic carbocycles. The molecule has 0 unspecified atom stereocenters. The van der Waals surface area contributed by atoms with E-state index >= 15 is 0 Å². The van der Waals surface area contributed by atoms with Crippen molar-refractivity contribution in [1.29, 1.82) is 0 Å². The number of aromatic nitrogens is 2. The summed E-state index contributed by atoms with van der Waals surface area (Å²) in [5.41, 5.74) is 1.29. The number of alkyl halides is 3. The number of halogens is 3. The molecule has 0 fully saturated rings. The third-order valence-electron chi connectivity index (χ3n) is 5.61. The molecular formula is C28H34F3N3O4. The van der Waals surface area contributed by atoms with Gasteiger partial charge in [0.2, 0.25) is 5.82 Å². The summed E-state index contributed by atoms with van der Waals surface area (Å²) in [5.74, 6) is -0.0470. The van der Waals surface area contributed by atoms with Crippen LogP contribution in [0.1, 0.15) is 58.2 Å². The van der Waals surface area contributed by atoms with Crippen molar-refractivity contribution < 1.29 is 32.0 Å². The topological polar surface area (TPSA) is 77.7 Å². The van der Waals surface area contributed by atoms with Crippen LogP contribution in [0, 0.1) is 6.92 Å². The van der Waals surface area contributed by atoms with E-state index in [1.165, 1.54) is 12.1 Å². The number of carbonyl (C=O) groups is 1. The molecule has 0 aliphatic carbocycles. The lowest BCUT2D eigenvalue weighted by Crippen LogP contribution is -2.37. The van der Waals surface area contributed by atoms with Crippen LogP contribution in [0.3, 0.4) is 0 Å². The maximum atomic E-state index is 13.7. The molecule has 1 heterocycles. The molecule has 0 aliphatic heterocycles. The van der Waals surface area contributed by atoms with E-state index in [0.29, 0.717) is 25.1 Å². The first-order valence-electron chi connectivity index (χ1n) is 12.5. The van der Waals surface area contributed by atoms with E-state index in [2.05, 4.69) is 10.1 Å². The van der Waals surface area contributed by atoms with Crippen molar-refractivity contribution in [3.63, 3.8) is 0 Å². The summed E-state index contributed by atoms with van der Waals surface area (Å²) in [6.45, 7) is 13.6. The lowest BCUT2D eigenvalue weighted by Gasteiger charge is -2.26. The molecule has 10 heteroatoms. The van der Waals surface area contributed by atoms with E-state index in [9.17, 15) is 18.0 Å². The first-order chi connectivity index (χ1) is 17.7. The fourth-order valence-corrected chi connectivity index (χ4v) is 3.74. The number of carbonyl (C=O) groups excluding carboxylic acids is 1. The van der Waals surface area contributed by atoms with Gasteiger partial charge in [-0.05, 0) is 90.3 Å². The first kappa shape index (κ1) is 29.0. The van der Waals surface area contributed by atoms with E-state index in [1.807, 2.05) is 52.8 Å². The number of ether oxygens (including phenoxy) is 2. The summed E-state index contributed by atoms with van der Waals surface area (Å²) in [6.07, 6.45) is -4.83. The molecule has 3 rings (SSSR count). The van der Waals surface area contributed by atoms with Crippen LogP contribution in [0.4, 0.5) is 18.0 Å². The minimum absolute atomic E-state index is 0.0363. The van der Waals surface area contributed by atoms with Crippen LogP contribution in [0.5, 0.6) is 5.75 Å². The number of amides is 1. The minimum Gasteiger partial charge on any atom is -0.490 e. The predicted octanol–water partition coefficient (Wildman–Crippen LogP) is 7.32. The zero-order chi connectivity index (χ0) is 28.3. The zero-order valence-electron chi connectivity index (χ0n) is 22.8. The second-order valence-corrected chi connectivity index (χ2v) is 10.2. The lowest BCUT2D eigenvalue weighted by molar-refractivity contribution is -0.139. The van der Waals surface area contributed by atoms with Gasteiger partial charge in [0.25, 0.3) is 5.89 Å². The molecule has 0 bridgehead atoms. The van der Waals surface area contributed by atoms with Gasteiger partial charge < -0.3 is 18.9 Å². The van der Waals surface area contributed by atoms with Crippen LogP contribution in [0.15, 0.2) is 40.9 Å². The largest absolute Gasteiger partial charge is 0.490 e. The summed E-state index contributed by atoms with van der Waals surface area (Å²) in [7, 11) is 0. The molecular weight excluding hydrogens is 499 g/mol. The van der Waals surface area contributed by atoms with Crippen LogP contribution in [0.25, 0.3) is 22.8 Å². The Bertz CT molecular complexity index is 1260. The smallest absolute Gasteiger partial charge is 0.419 e. The van der Waals surface area contributed by atoms with E-state index < -0.39 is 23.4 Å². The summed E-state index contributed by atoms with van der Waals surface area (Å²) < 4.78 is 57.1. The van der Waals surface area contributed by atoms with Gasteiger partial charge >= 0.3 is 12.3 Å². The summed E-state index contributed by atoms with van der Waals surface area (Å²) in [6, 6.07) is 9.29. The quantitative estimate of drug-likeness (QED) is 0.302. The Hall–Kier alpha value is -3.56. The third-order valence-corrected chi connectivity index (χ3v) is 5.61. The van der Waals surface area contributed by atoms with E-state index in [1.54, 1.807) is 18.7 Å². The fraction of sp³-hybridized carbons (Fsp3) is 0.464. The van der Waals surface area contributed by atoms with Crippen LogP contribution >= 0.6 is 0 Å². The Morgan fingerprint density at radius 1 is 1.08 bits per heavy atom. The van der Waals surface area contributed by atoms with Gasteiger partial charge in [-0.3, -0.25) is 0 Å². The Kier molecular flexibility index (Phi) is 8.74. The molecule has 0 spiro atoms. The monoisotopic (exact) mass is 533 g/mol. The van der Waals surface area contributed by atoms with Gasteiger partial charge in [-0.25, -0.2) is 4.79 Å². The molecule has 3 aromatic rings. The Morgan fingerprint density at radius 2 is 1.76 bits per heavy atom. The van der Waals surface area contributed by atoms with E-state index in [4.69, 9.17) is 14.0 Å². The standard InChI is InChI=1S/C28H34F3N3O4/c1-8-34(26(35)37-27(5,6)7)14-13-19-15-20(10-9-18(19)4)24-32-25(38-33-24)21-11-12-23(36-17(2)3)22(16-21)28(29,30)31/h9-12,15-17H,8,13-14H2,1-7H3. The summed E-state index contributed by atoms with van der Waals surface area (Å²) in [4.78, 5) is 18.5. The van der Waals surface area contributed by atoms with Gasteiger partial charge in [0.05, 0.1) is 11.7 Å². The van der Waals surface area contributed by atoms with E-state index in [-0.39, 0.29) is 29.1 Å². The lowest BCUT2D eigenvalue weighted by atomic mass is 10.0. The zero-order valence-corrected chi connectivity index (χ0v) is 22.8. The highest BCUT2D eigenvalue weighted by Crippen LogP contribution is 2.39. The summed E-state index contributed by atoms with van der Waals surface area (Å²) >= 11 is 0. The average molecular weight is 534 g/mol. The SMILES string of the molecule is CCN(CCc1cc(-c2noc(-c3ccc(OC(C)C)c(C(F)(F)F)c3)n2)ccc1C)C(=O)OC(C)(C)C. The Labute approximate surface area is 220 Å². The Morgan fingerprint density at radius 3 is 2.37 bits per heavy atom. The third kappa shape index (κ3) is 7.49. The van der Waals surface area contributed by atoms with Gasteiger partial charge in [0.1, 0.15) is 11.4 Å². The molecule has 7 nitrogen and oxygen atoms in total. The first-order valence-corrected chi connectivity index (χ1v) is 12.5. The van der Waals surface area contributed by atoms with Gasteiger partial charge in [0, 0.05) is 24.2 Å². The maximum absolute atomic E-state index is 13.7. The second-order valence-electron chi connectivity index (χ2n) is 10.2. The minimum atomic E-state index is -4.61. The van der Waals surface area contributed by atoms with Crippen LogP contribution < -0.4 is 4.74 Å². The molecule has 1 aromatic heterocycles. The van der Waals surface area contributed by atoms with Crippen molar-refractivity contribution in [1.82, 2.24) is 15.0 Å². The highest BCUT2D eigenvalue weighted by atomic mass is 19.4. The number of hydrogen-bond acceptors (Lipinski definition) is 6. The van der Waals surface area contributed by atoms with E-state index in [0.717, 1.165) is 17.2 Å². The predicted molar refractivity (Wildman–Crippen MR) is 138 cm³/mol. The highest BCUT2D eigenvalue weighted by molar-refractivity contribution is 5.68. The van der Waals surface area contributed by atoms with Crippen molar-refractivity contribution in [3.8, 4) is 28.6 Å². The number of aryl methyl sites for hydroxylation is 1. The fourth-order valence-electron chi connectivity index (χ4n) is 3.74. The van der Waals surface area contributed by atoms with Gasteiger partial charge in [0.15, 0.2) is 0 Å². The Balaban J connectivity index is 1.83. The molecule has 0 aliphatic rings. The molecule has 1 amide bonds.